The highest BCUT2D eigenvalue weighted by atomic mass is 16.5. The predicted octanol–water partition coefficient (Wildman–Crippen LogP) is 2.07. The number of hydrogen-bond acceptors (Lipinski definition) is 5. The van der Waals surface area contributed by atoms with Gasteiger partial charge in [0.2, 0.25) is 5.91 Å². The van der Waals surface area contributed by atoms with Crippen LogP contribution in [-0.2, 0) is 24.4 Å². The summed E-state index contributed by atoms with van der Waals surface area (Å²) in [4.78, 5) is 42.9. The lowest BCUT2D eigenvalue weighted by Gasteiger charge is -2.12. The Kier molecular flexibility index (Phi) is 7.86. The Morgan fingerprint density at radius 3 is 2.66 bits per heavy atom. The third-order valence-corrected chi connectivity index (χ3v) is 5.17. The lowest BCUT2D eigenvalue weighted by molar-refractivity contribution is -0.121. The molecular formula is C23H31N5O4. The molecule has 0 bridgehead atoms. The number of aryl methyl sites for hydroxylation is 3. The zero-order valence-corrected chi connectivity index (χ0v) is 19.0. The van der Waals surface area contributed by atoms with Crippen LogP contribution in [0.5, 0.6) is 5.75 Å². The average molecular weight is 442 g/mol. The first-order chi connectivity index (χ1) is 15.5. The molecule has 2 aromatic heterocycles. The molecule has 0 aliphatic carbocycles. The quantitative estimate of drug-likeness (QED) is 0.459. The van der Waals surface area contributed by atoms with E-state index in [4.69, 9.17) is 4.74 Å². The summed E-state index contributed by atoms with van der Waals surface area (Å²) in [6.07, 6.45) is 4.16. The molecule has 1 N–H and O–H groups in total. The Morgan fingerprint density at radius 1 is 1.12 bits per heavy atom. The molecular weight excluding hydrogens is 410 g/mol. The molecule has 0 saturated carbocycles. The molecule has 0 unspecified atom stereocenters. The van der Waals surface area contributed by atoms with Gasteiger partial charge in [-0.1, -0.05) is 32.4 Å². The molecule has 0 atom stereocenters. The van der Waals surface area contributed by atoms with Gasteiger partial charge in [-0.15, -0.1) is 0 Å². The van der Waals surface area contributed by atoms with Crippen LogP contribution in [0.3, 0.4) is 0 Å². The normalized spacial score (nSPS) is 11.1. The molecule has 9 heteroatoms. The number of hydrogen-bond donors (Lipinski definition) is 1. The zero-order chi connectivity index (χ0) is 23.1. The van der Waals surface area contributed by atoms with E-state index in [2.05, 4.69) is 17.2 Å². The molecule has 0 aliphatic heterocycles. The van der Waals surface area contributed by atoms with Gasteiger partial charge in [0.1, 0.15) is 18.9 Å². The highest BCUT2D eigenvalue weighted by Crippen LogP contribution is 2.12. The number of rotatable bonds is 11. The molecule has 9 nitrogen and oxygen atoms in total. The summed E-state index contributed by atoms with van der Waals surface area (Å²) in [6.45, 7) is 7.25. The maximum Gasteiger partial charge on any atom is 0.333 e. The highest BCUT2D eigenvalue weighted by Gasteiger charge is 2.19. The van der Waals surface area contributed by atoms with Crippen molar-refractivity contribution in [2.24, 2.45) is 0 Å². The molecule has 172 valence electrons. The minimum Gasteiger partial charge on any atom is -0.492 e. The predicted molar refractivity (Wildman–Crippen MR) is 123 cm³/mol. The molecule has 0 aliphatic rings. The van der Waals surface area contributed by atoms with E-state index < -0.39 is 17.2 Å². The van der Waals surface area contributed by atoms with Crippen molar-refractivity contribution < 1.29 is 9.53 Å². The summed E-state index contributed by atoms with van der Waals surface area (Å²) in [6, 6.07) is 7.64. The monoisotopic (exact) mass is 441 g/mol. The number of imidazole rings is 1. The van der Waals surface area contributed by atoms with Crippen LogP contribution in [0.15, 0.2) is 40.2 Å². The van der Waals surface area contributed by atoms with Crippen LogP contribution >= 0.6 is 0 Å². The Morgan fingerprint density at radius 2 is 1.94 bits per heavy atom. The first-order valence-corrected chi connectivity index (χ1v) is 11.1. The van der Waals surface area contributed by atoms with Gasteiger partial charge in [0, 0.05) is 13.1 Å². The lowest BCUT2D eigenvalue weighted by atomic mass is 10.2. The van der Waals surface area contributed by atoms with E-state index in [-0.39, 0.29) is 19.7 Å². The number of fused-ring (bicyclic) bond motifs is 1. The number of nitrogens with one attached hydrogen (secondary N) is 1. The van der Waals surface area contributed by atoms with E-state index in [1.165, 1.54) is 4.57 Å². The van der Waals surface area contributed by atoms with Crippen LogP contribution in [0, 0.1) is 6.92 Å². The number of carbonyl (C=O) groups excluding carboxylic acids is 1. The summed E-state index contributed by atoms with van der Waals surface area (Å²) >= 11 is 0. The molecule has 0 saturated heterocycles. The first kappa shape index (κ1) is 23.3. The van der Waals surface area contributed by atoms with E-state index in [9.17, 15) is 14.4 Å². The van der Waals surface area contributed by atoms with Gasteiger partial charge < -0.3 is 14.6 Å². The minimum absolute atomic E-state index is 0.265. The van der Waals surface area contributed by atoms with Crippen LogP contribution in [0.25, 0.3) is 11.2 Å². The van der Waals surface area contributed by atoms with E-state index in [0.717, 1.165) is 28.7 Å². The van der Waals surface area contributed by atoms with E-state index in [0.29, 0.717) is 30.7 Å². The van der Waals surface area contributed by atoms with Crippen molar-refractivity contribution in [2.75, 3.05) is 13.2 Å². The van der Waals surface area contributed by atoms with Crippen LogP contribution in [0.4, 0.5) is 0 Å². The van der Waals surface area contributed by atoms with E-state index in [1.54, 1.807) is 10.9 Å². The molecule has 3 aromatic rings. The fourth-order valence-corrected chi connectivity index (χ4v) is 3.57. The van der Waals surface area contributed by atoms with Gasteiger partial charge in [0.15, 0.2) is 11.2 Å². The van der Waals surface area contributed by atoms with E-state index in [1.807, 2.05) is 38.1 Å². The molecule has 0 radical (unpaired) electrons. The van der Waals surface area contributed by atoms with E-state index >= 15 is 0 Å². The number of nitrogens with zero attached hydrogens (tertiary/aromatic N) is 4. The lowest BCUT2D eigenvalue weighted by Crippen LogP contribution is -2.44. The molecule has 0 fully saturated rings. The summed E-state index contributed by atoms with van der Waals surface area (Å²) in [5, 5.41) is 2.72. The molecule has 2 heterocycles. The number of ether oxygens (including phenoxy) is 1. The minimum atomic E-state index is -0.517. The maximum atomic E-state index is 13.1. The summed E-state index contributed by atoms with van der Waals surface area (Å²) in [7, 11) is 0. The molecule has 1 amide bonds. The van der Waals surface area contributed by atoms with Crippen molar-refractivity contribution in [3.63, 3.8) is 0 Å². The molecule has 0 spiro atoms. The van der Waals surface area contributed by atoms with Gasteiger partial charge in [-0.05, 0) is 37.5 Å². The van der Waals surface area contributed by atoms with Gasteiger partial charge in [-0.25, -0.2) is 14.3 Å². The fraction of sp³-hybridized carbons (Fsp3) is 0.478. The number of carbonyl (C=O) groups is 1. The van der Waals surface area contributed by atoms with Gasteiger partial charge in [0.05, 0.1) is 12.9 Å². The third-order valence-electron chi connectivity index (χ3n) is 5.17. The smallest absolute Gasteiger partial charge is 0.333 e. The number of amides is 1. The van der Waals surface area contributed by atoms with Gasteiger partial charge in [0.25, 0.3) is 5.56 Å². The summed E-state index contributed by atoms with van der Waals surface area (Å²) in [5.41, 5.74) is 0.819. The Hall–Kier alpha value is -3.36. The number of aromatic nitrogens is 4. The zero-order valence-electron chi connectivity index (χ0n) is 19.0. The Bertz CT molecular complexity index is 1190. The van der Waals surface area contributed by atoms with Crippen LogP contribution in [-0.4, -0.2) is 37.7 Å². The van der Waals surface area contributed by atoms with Crippen LogP contribution in [0.1, 0.15) is 38.7 Å². The van der Waals surface area contributed by atoms with Gasteiger partial charge >= 0.3 is 5.69 Å². The van der Waals surface area contributed by atoms with Crippen molar-refractivity contribution in [2.45, 2.75) is 59.7 Å². The van der Waals surface area contributed by atoms with Gasteiger partial charge in [-0.2, -0.15) is 0 Å². The highest BCUT2D eigenvalue weighted by molar-refractivity contribution is 5.76. The van der Waals surface area contributed by atoms with Crippen LogP contribution in [0.2, 0.25) is 0 Å². The van der Waals surface area contributed by atoms with Crippen molar-refractivity contribution in [3.8, 4) is 5.75 Å². The second-order valence-electron chi connectivity index (χ2n) is 7.80. The van der Waals surface area contributed by atoms with Crippen molar-refractivity contribution in [3.05, 3.63) is 57.0 Å². The molecule has 3 rings (SSSR count). The van der Waals surface area contributed by atoms with Crippen molar-refractivity contribution in [1.82, 2.24) is 24.0 Å². The SMILES string of the molecule is CCCCn1cnc2c1c(=O)n(CC(=O)NCCOc1cccc(C)c1)c(=O)n2CCC. The fourth-order valence-electron chi connectivity index (χ4n) is 3.57. The number of benzene rings is 1. The summed E-state index contributed by atoms with van der Waals surface area (Å²) < 4.78 is 9.88. The number of unbranched alkanes of at least 4 members (excludes halogenated alkanes) is 1. The molecule has 32 heavy (non-hydrogen) atoms. The summed E-state index contributed by atoms with van der Waals surface area (Å²) in [5.74, 6) is 0.308. The second kappa shape index (κ2) is 10.8. The van der Waals surface area contributed by atoms with Crippen LogP contribution < -0.4 is 21.3 Å². The third kappa shape index (κ3) is 5.27. The first-order valence-electron chi connectivity index (χ1n) is 11.1. The standard InChI is InChI=1S/C23H31N5O4/c1-4-6-12-26-16-25-21-20(26)22(30)28(23(31)27(21)11-5-2)15-19(29)24-10-13-32-18-9-7-8-17(3)14-18/h7-9,14,16H,4-6,10-13,15H2,1-3H3,(H,24,29). The van der Waals surface area contributed by atoms with Crippen molar-refractivity contribution in [1.29, 1.82) is 0 Å². The average Bonchev–Trinajstić information content (AvgIpc) is 3.19. The Labute approximate surface area is 186 Å². The molecule has 1 aromatic carbocycles. The van der Waals surface area contributed by atoms with Gasteiger partial charge in [-0.3, -0.25) is 14.2 Å². The maximum absolute atomic E-state index is 13.1. The second-order valence-corrected chi connectivity index (χ2v) is 7.80. The largest absolute Gasteiger partial charge is 0.492 e. The Balaban J connectivity index is 1.75. The van der Waals surface area contributed by atoms with Crippen molar-refractivity contribution >= 4 is 17.1 Å². The topological polar surface area (TPSA) is 100 Å².